The first-order chi connectivity index (χ1) is 10.5. The van der Waals surface area contributed by atoms with Gasteiger partial charge in [-0.05, 0) is 38.8 Å². The molecule has 2 aromatic heterocycles. The molecule has 2 rings (SSSR count). The third kappa shape index (κ3) is 3.14. The lowest BCUT2D eigenvalue weighted by Gasteiger charge is -2.17. The van der Waals surface area contributed by atoms with Crippen molar-refractivity contribution in [2.75, 3.05) is 20.8 Å². The minimum atomic E-state index is 0.209. The minimum Gasteiger partial charge on any atom is -0.468 e. The average molecular weight is 303 g/mol. The minimum absolute atomic E-state index is 0.209. The van der Waals surface area contributed by atoms with Gasteiger partial charge in [-0.15, -0.1) is 0 Å². The summed E-state index contributed by atoms with van der Waals surface area (Å²) < 4.78 is 12.8. The Balaban J connectivity index is 2.49. The quantitative estimate of drug-likeness (QED) is 0.820. The lowest BCUT2D eigenvalue weighted by atomic mass is 10.1. The van der Waals surface area contributed by atoms with Crippen molar-refractivity contribution in [3.63, 3.8) is 0 Å². The van der Waals surface area contributed by atoms with Gasteiger partial charge in [0.1, 0.15) is 0 Å². The number of aromatic nitrogens is 3. The van der Waals surface area contributed by atoms with Crippen molar-refractivity contribution in [3.8, 4) is 17.3 Å². The van der Waals surface area contributed by atoms with Crippen LogP contribution >= 0.6 is 0 Å². The number of methoxy groups -OCH3 is 2. The van der Waals surface area contributed by atoms with Crippen LogP contribution < -0.4 is 4.74 Å². The van der Waals surface area contributed by atoms with E-state index in [0.717, 1.165) is 34.6 Å². The van der Waals surface area contributed by atoms with E-state index in [1.165, 1.54) is 0 Å². The lowest BCUT2D eigenvalue weighted by Crippen LogP contribution is -2.14. The maximum absolute atomic E-state index is 5.45. The predicted molar refractivity (Wildman–Crippen MR) is 87.4 cm³/mol. The first-order valence-corrected chi connectivity index (χ1v) is 7.58. The highest BCUT2D eigenvalue weighted by molar-refractivity contribution is 5.63. The van der Waals surface area contributed by atoms with Gasteiger partial charge in [0.05, 0.1) is 25.5 Å². The molecule has 120 valence electrons. The predicted octanol–water partition coefficient (Wildman–Crippen LogP) is 3.48. The number of rotatable bonds is 6. The Morgan fingerprint density at radius 2 is 1.86 bits per heavy atom. The molecule has 0 radical (unpaired) electrons. The topological polar surface area (TPSA) is 49.2 Å². The van der Waals surface area contributed by atoms with E-state index in [9.17, 15) is 0 Å². The molecule has 0 amide bonds. The standard InChI is InChI=1S/C17H25N3O2/c1-7-14(10-21-5)20-9-16(19-17(20)22-6)15-8-11(2)12(3)18-13(15)4/h8-9,14H,7,10H2,1-6H3. The summed E-state index contributed by atoms with van der Waals surface area (Å²) in [5.41, 5.74) is 5.14. The van der Waals surface area contributed by atoms with E-state index >= 15 is 0 Å². The third-order valence-electron chi connectivity index (χ3n) is 4.04. The van der Waals surface area contributed by atoms with Gasteiger partial charge in [0, 0.05) is 30.3 Å². The zero-order valence-corrected chi connectivity index (χ0v) is 14.3. The van der Waals surface area contributed by atoms with E-state index in [4.69, 9.17) is 9.47 Å². The summed E-state index contributed by atoms with van der Waals surface area (Å²) in [5.74, 6) is 0. The van der Waals surface area contributed by atoms with Gasteiger partial charge in [-0.25, -0.2) is 0 Å². The maximum Gasteiger partial charge on any atom is 0.296 e. The number of aryl methyl sites for hydroxylation is 3. The molecule has 5 heteroatoms. The highest BCUT2D eigenvalue weighted by atomic mass is 16.5. The van der Waals surface area contributed by atoms with Crippen molar-refractivity contribution >= 4 is 0 Å². The van der Waals surface area contributed by atoms with E-state index in [2.05, 4.69) is 29.9 Å². The van der Waals surface area contributed by atoms with Crippen LogP contribution in [0.5, 0.6) is 6.01 Å². The fourth-order valence-corrected chi connectivity index (χ4v) is 2.59. The van der Waals surface area contributed by atoms with E-state index < -0.39 is 0 Å². The second-order valence-corrected chi connectivity index (χ2v) is 5.56. The Morgan fingerprint density at radius 1 is 1.14 bits per heavy atom. The van der Waals surface area contributed by atoms with Gasteiger partial charge in [-0.2, -0.15) is 4.98 Å². The molecule has 0 saturated carbocycles. The second-order valence-electron chi connectivity index (χ2n) is 5.56. The Bertz CT molecular complexity index is 650. The zero-order chi connectivity index (χ0) is 16.3. The number of hydrogen-bond donors (Lipinski definition) is 0. The normalized spacial score (nSPS) is 12.5. The van der Waals surface area contributed by atoms with Gasteiger partial charge < -0.3 is 9.47 Å². The molecule has 2 aromatic rings. The van der Waals surface area contributed by atoms with Crippen molar-refractivity contribution in [3.05, 3.63) is 29.2 Å². The molecule has 0 aliphatic rings. The molecule has 0 aliphatic carbocycles. The van der Waals surface area contributed by atoms with Gasteiger partial charge in [0.25, 0.3) is 6.01 Å². The second kappa shape index (κ2) is 6.92. The molecular formula is C17H25N3O2. The van der Waals surface area contributed by atoms with Crippen LogP contribution in [-0.4, -0.2) is 35.4 Å². The number of imidazole rings is 1. The molecule has 0 bridgehead atoms. The molecule has 0 saturated heterocycles. The number of pyridine rings is 1. The average Bonchev–Trinajstić information content (AvgIpc) is 2.92. The van der Waals surface area contributed by atoms with Crippen LogP contribution in [0.15, 0.2) is 12.3 Å². The highest BCUT2D eigenvalue weighted by Gasteiger charge is 2.18. The van der Waals surface area contributed by atoms with Crippen molar-refractivity contribution in [2.45, 2.75) is 40.2 Å². The summed E-state index contributed by atoms with van der Waals surface area (Å²) in [6.45, 7) is 8.87. The highest BCUT2D eigenvalue weighted by Crippen LogP contribution is 2.29. The number of ether oxygens (including phenoxy) is 2. The first-order valence-electron chi connectivity index (χ1n) is 7.58. The van der Waals surface area contributed by atoms with Crippen LogP contribution in [0.2, 0.25) is 0 Å². The summed E-state index contributed by atoms with van der Waals surface area (Å²) in [6, 6.07) is 2.96. The molecule has 1 unspecified atom stereocenters. The molecule has 22 heavy (non-hydrogen) atoms. The third-order valence-corrected chi connectivity index (χ3v) is 4.04. The largest absolute Gasteiger partial charge is 0.468 e. The summed E-state index contributed by atoms with van der Waals surface area (Å²) in [7, 11) is 3.36. The van der Waals surface area contributed by atoms with E-state index in [-0.39, 0.29) is 6.04 Å². The number of nitrogens with zero attached hydrogens (tertiary/aromatic N) is 3. The summed E-state index contributed by atoms with van der Waals surface area (Å²) in [5, 5.41) is 0. The Hall–Kier alpha value is -1.88. The maximum atomic E-state index is 5.45. The van der Waals surface area contributed by atoms with E-state index in [1.807, 2.05) is 24.6 Å². The molecule has 5 nitrogen and oxygen atoms in total. The van der Waals surface area contributed by atoms with E-state index in [1.54, 1.807) is 14.2 Å². The van der Waals surface area contributed by atoms with Crippen LogP contribution in [-0.2, 0) is 4.74 Å². The summed E-state index contributed by atoms with van der Waals surface area (Å²) in [6.07, 6.45) is 2.98. The SMILES string of the molecule is CCC(COC)n1cc(-c2cc(C)c(C)nc2C)nc1OC. The summed E-state index contributed by atoms with van der Waals surface area (Å²) >= 11 is 0. The van der Waals surface area contributed by atoms with Gasteiger partial charge >= 0.3 is 0 Å². The van der Waals surface area contributed by atoms with Crippen LogP contribution in [0, 0.1) is 20.8 Å². The molecule has 0 N–H and O–H groups in total. The molecule has 0 aromatic carbocycles. The number of hydrogen-bond acceptors (Lipinski definition) is 4. The van der Waals surface area contributed by atoms with Crippen molar-refractivity contribution in [2.24, 2.45) is 0 Å². The molecule has 0 aliphatic heterocycles. The summed E-state index contributed by atoms with van der Waals surface area (Å²) in [4.78, 5) is 9.23. The fourth-order valence-electron chi connectivity index (χ4n) is 2.59. The lowest BCUT2D eigenvalue weighted by molar-refractivity contribution is 0.147. The molecule has 0 fully saturated rings. The van der Waals surface area contributed by atoms with Crippen molar-refractivity contribution < 1.29 is 9.47 Å². The van der Waals surface area contributed by atoms with Gasteiger partial charge in [0.15, 0.2) is 0 Å². The smallest absolute Gasteiger partial charge is 0.296 e. The Morgan fingerprint density at radius 3 is 2.45 bits per heavy atom. The van der Waals surface area contributed by atoms with Crippen molar-refractivity contribution in [1.29, 1.82) is 0 Å². The van der Waals surface area contributed by atoms with Gasteiger partial charge in [-0.1, -0.05) is 6.92 Å². The van der Waals surface area contributed by atoms with Gasteiger partial charge in [0.2, 0.25) is 0 Å². The van der Waals surface area contributed by atoms with Crippen LogP contribution in [0.1, 0.15) is 36.3 Å². The molecular weight excluding hydrogens is 278 g/mol. The monoisotopic (exact) mass is 303 g/mol. The van der Waals surface area contributed by atoms with Crippen LogP contribution in [0.25, 0.3) is 11.3 Å². The van der Waals surface area contributed by atoms with Crippen LogP contribution in [0.3, 0.4) is 0 Å². The van der Waals surface area contributed by atoms with Crippen LogP contribution in [0.4, 0.5) is 0 Å². The Labute approximate surface area is 132 Å². The zero-order valence-electron chi connectivity index (χ0n) is 14.3. The van der Waals surface area contributed by atoms with Gasteiger partial charge in [-0.3, -0.25) is 9.55 Å². The first kappa shape index (κ1) is 16.5. The Kier molecular flexibility index (Phi) is 5.19. The fraction of sp³-hybridized carbons (Fsp3) is 0.529. The molecule has 2 heterocycles. The molecule has 0 spiro atoms. The van der Waals surface area contributed by atoms with Crippen molar-refractivity contribution in [1.82, 2.24) is 14.5 Å². The van der Waals surface area contributed by atoms with E-state index in [0.29, 0.717) is 12.6 Å². The molecule has 1 atom stereocenters.